The van der Waals surface area contributed by atoms with Crippen molar-refractivity contribution < 1.29 is 13.2 Å². The maximum Gasteiger partial charge on any atom is 0.274 e. The van der Waals surface area contributed by atoms with Crippen LogP contribution in [0, 0.1) is 12.8 Å². The number of anilines is 1. The lowest BCUT2D eigenvalue weighted by Gasteiger charge is -2.32. The third kappa shape index (κ3) is 4.40. The van der Waals surface area contributed by atoms with E-state index in [1.807, 2.05) is 6.92 Å². The number of piperidine rings is 1. The largest absolute Gasteiger partial charge is 0.398 e. The quantitative estimate of drug-likeness (QED) is 0.734. The van der Waals surface area contributed by atoms with E-state index >= 15 is 0 Å². The number of nitrogens with zero attached hydrogens (tertiary/aromatic N) is 1. The van der Waals surface area contributed by atoms with E-state index in [2.05, 4.69) is 4.72 Å². The van der Waals surface area contributed by atoms with Crippen LogP contribution in [0.2, 0.25) is 0 Å². The Balaban J connectivity index is 1.98. The molecule has 0 aliphatic carbocycles. The summed E-state index contributed by atoms with van der Waals surface area (Å²) in [4.78, 5) is 15.7. The first kappa shape index (κ1) is 16.2. The van der Waals surface area contributed by atoms with Crippen LogP contribution in [0.1, 0.15) is 27.4 Å². The van der Waals surface area contributed by atoms with Crippen LogP contribution < -0.4 is 15.6 Å². The minimum Gasteiger partial charge on any atom is -0.398 e. The van der Waals surface area contributed by atoms with E-state index in [9.17, 15) is 13.2 Å². The normalized spacial score (nSPS) is 19.7. The molecule has 1 aromatic heterocycles. The number of nitrogens with two attached hydrogens (primary N) is 2. The molecular formula is C12H20N4O3S2. The van der Waals surface area contributed by atoms with Gasteiger partial charge in [0, 0.05) is 30.2 Å². The van der Waals surface area contributed by atoms with Gasteiger partial charge in [0.25, 0.3) is 16.1 Å². The summed E-state index contributed by atoms with van der Waals surface area (Å²) >= 11 is 1.39. The van der Waals surface area contributed by atoms with Crippen molar-refractivity contribution >= 4 is 33.1 Å². The van der Waals surface area contributed by atoms with Crippen molar-refractivity contribution in [2.45, 2.75) is 19.8 Å². The number of hydrogen-bond acceptors (Lipinski definition) is 5. The van der Waals surface area contributed by atoms with Gasteiger partial charge in [-0.05, 0) is 31.7 Å². The van der Waals surface area contributed by atoms with Crippen LogP contribution in [0.4, 0.5) is 5.69 Å². The fraction of sp³-hybridized carbons (Fsp3) is 0.583. The molecule has 5 N–H and O–H groups in total. The third-order valence-electron chi connectivity index (χ3n) is 3.55. The number of hydrogen-bond donors (Lipinski definition) is 3. The van der Waals surface area contributed by atoms with Gasteiger partial charge in [0.05, 0.1) is 4.88 Å². The summed E-state index contributed by atoms with van der Waals surface area (Å²) in [6.45, 7) is 3.35. The Kier molecular flexibility index (Phi) is 4.87. The van der Waals surface area contributed by atoms with E-state index < -0.39 is 10.2 Å². The van der Waals surface area contributed by atoms with Crippen LogP contribution in [0.3, 0.4) is 0 Å². The van der Waals surface area contributed by atoms with Crippen molar-refractivity contribution in [2.24, 2.45) is 11.1 Å². The summed E-state index contributed by atoms with van der Waals surface area (Å²) in [6, 6.07) is 1.70. The average Bonchev–Trinajstić information content (AvgIpc) is 2.75. The molecule has 1 aliphatic rings. The lowest BCUT2D eigenvalue weighted by Crippen LogP contribution is -2.44. The van der Waals surface area contributed by atoms with Gasteiger partial charge in [-0.25, -0.2) is 9.86 Å². The number of amides is 1. The molecule has 7 nitrogen and oxygen atoms in total. The molecule has 1 unspecified atom stereocenters. The van der Waals surface area contributed by atoms with Gasteiger partial charge in [-0.2, -0.15) is 8.42 Å². The molecule has 118 valence electrons. The molecule has 0 spiro atoms. The molecule has 1 atom stereocenters. The van der Waals surface area contributed by atoms with Crippen LogP contribution >= 0.6 is 11.3 Å². The topological polar surface area (TPSA) is 119 Å². The molecular weight excluding hydrogens is 312 g/mol. The Bertz CT molecular complexity index is 607. The zero-order valence-corrected chi connectivity index (χ0v) is 13.5. The lowest BCUT2D eigenvalue weighted by molar-refractivity contribution is 0.0681. The highest BCUT2D eigenvalue weighted by molar-refractivity contribution is 7.87. The Morgan fingerprint density at radius 1 is 1.57 bits per heavy atom. The first-order valence-corrected chi connectivity index (χ1v) is 9.05. The standard InChI is InChI=1S/C12H20N4O3S2/c1-8-10(13)5-11(20-8)12(17)16-4-2-3-9(7-16)6-15-21(14,18)19/h5,9,15H,2-4,6-7,13H2,1H3,(H2,14,18,19). The van der Waals surface area contributed by atoms with Crippen LogP contribution in [0.15, 0.2) is 6.07 Å². The van der Waals surface area contributed by atoms with Gasteiger partial charge in [0.15, 0.2) is 0 Å². The zero-order valence-electron chi connectivity index (χ0n) is 11.8. The summed E-state index contributed by atoms with van der Waals surface area (Å²) in [5.74, 6) is 0.0412. The second kappa shape index (κ2) is 6.30. The Labute approximate surface area is 128 Å². The maximum atomic E-state index is 12.4. The highest BCUT2D eigenvalue weighted by atomic mass is 32.2. The van der Waals surface area contributed by atoms with E-state index in [1.165, 1.54) is 11.3 Å². The second-order valence-electron chi connectivity index (χ2n) is 5.28. The molecule has 0 bridgehead atoms. The highest BCUT2D eigenvalue weighted by Gasteiger charge is 2.26. The van der Waals surface area contributed by atoms with Crippen molar-refractivity contribution in [1.29, 1.82) is 0 Å². The van der Waals surface area contributed by atoms with E-state index in [4.69, 9.17) is 10.9 Å². The number of likely N-dealkylation sites (tertiary alicyclic amines) is 1. The number of nitrogens with one attached hydrogen (secondary N) is 1. The third-order valence-corrected chi connectivity index (χ3v) is 5.17. The number of aryl methyl sites for hydroxylation is 1. The summed E-state index contributed by atoms with van der Waals surface area (Å²) in [7, 11) is -3.68. The fourth-order valence-electron chi connectivity index (χ4n) is 2.41. The minimum absolute atomic E-state index is 0.0416. The monoisotopic (exact) mass is 332 g/mol. The first-order chi connectivity index (χ1) is 9.76. The Morgan fingerprint density at radius 2 is 2.29 bits per heavy atom. The molecule has 1 aromatic rings. The average molecular weight is 332 g/mol. The highest BCUT2D eigenvalue weighted by Crippen LogP contribution is 2.26. The van der Waals surface area contributed by atoms with Gasteiger partial charge in [-0.1, -0.05) is 0 Å². The van der Waals surface area contributed by atoms with Gasteiger partial charge >= 0.3 is 0 Å². The fourth-order valence-corrected chi connectivity index (χ4v) is 3.78. The molecule has 0 radical (unpaired) electrons. The number of rotatable bonds is 4. The number of carbonyl (C=O) groups excluding carboxylic acids is 1. The molecule has 9 heteroatoms. The SMILES string of the molecule is Cc1sc(C(=O)N2CCCC(CNS(N)(=O)=O)C2)cc1N. The second-order valence-corrected chi connectivity index (χ2v) is 7.91. The maximum absolute atomic E-state index is 12.4. The van der Waals surface area contributed by atoms with E-state index in [1.54, 1.807) is 11.0 Å². The smallest absolute Gasteiger partial charge is 0.274 e. The Hall–Kier alpha value is -1.16. The molecule has 0 aromatic carbocycles. The predicted octanol–water partition coefficient (Wildman–Crippen LogP) is 0.284. The summed E-state index contributed by atoms with van der Waals surface area (Å²) < 4.78 is 24.1. The molecule has 1 aliphatic heterocycles. The summed E-state index contributed by atoms with van der Waals surface area (Å²) in [5.41, 5.74) is 6.41. The number of thiophene rings is 1. The van der Waals surface area contributed by atoms with Crippen LogP contribution in [-0.4, -0.2) is 38.9 Å². The van der Waals surface area contributed by atoms with Crippen LogP contribution in [0.25, 0.3) is 0 Å². The summed E-state index contributed by atoms with van der Waals surface area (Å²) in [5, 5.41) is 4.93. The van der Waals surface area contributed by atoms with Crippen molar-refractivity contribution in [3.05, 3.63) is 15.8 Å². The molecule has 0 saturated carbocycles. The first-order valence-electron chi connectivity index (χ1n) is 6.69. The van der Waals surface area contributed by atoms with E-state index in [0.717, 1.165) is 17.7 Å². The van der Waals surface area contributed by atoms with Gasteiger partial charge in [0.1, 0.15) is 0 Å². The van der Waals surface area contributed by atoms with E-state index in [-0.39, 0.29) is 18.4 Å². The van der Waals surface area contributed by atoms with Crippen molar-refractivity contribution in [2.75, 3.05) is 25.4 Å². The summed E-state index contributed by atoms with van der Waals surface area (Å²) in [6.07, 6.45) is 1.72. The van der Waals surface area contributed by atoms with Gasteiger partial charge < -0.3 is 10.6 Å². The molecule has 2 heterocycles. The predicted molar refractivity (Wildman–Crippen MR) is 83.2 cm³/mol. The van der Waals surface area contributed by atoms with Crippen LogP contribution in [0.5, 0.6) is 0 Å². The van der Waals surface area contributed by atoms with E-state index in [0.29, 0.717) is 23.7 Å². The molecule has 21 heavy (non-hydrogen) atoms. The zero-order chi connectivity index (χ0) is 15.6. The molecule has 1 saturated heterocycles. The van der Waals surface area contributed by atoms with Crippen molar-refractivity contribution in [1.82, 2.24) is 9.62 Å². The molecule has 2 rings (SSSR count). The molecule has 1 amide bonds. The number of carbonyl (C=O) groups is 1. The van der Waals surface area contributed by atoms with Gasteiger partial charge in [-0.3, -0.25) is 4.79 Å². The molecule has 1 fully saturated rings. The van der Waals surface area contributed by atoms with Crippen molar-refractivity contribution in [3.8, 4) is 0 Å². The van der Waals surface area contributed by atoms with Crippen molar-refractivity contribution in [3.63, 3.8) is 0 Å². The number of nitrogen functional groups attached to an aromatic ring is 1. The lowest BCUT2D eigenvalue weighted by atomic mass is 9.98. The Morgan fingerprint density at radius 3 is 2.86 bits per heavy atom. The van der Waals surface area contributed by atoms with Gasteiger partial charge in [-0.15, -0.1) is 11.3 Å². The van der Waals surface area contributed by atoms with Gasteiger partial charge in [0.2, 0.25) is 0 Å². The van der Waals surface area contributed by atoms with Crippen LogP contribution in [-0.2, 0) is 10.2 Å². The minimum atomic E-state index is -3.68.